The average Bonchev–Trinajstić information content (AvgIpc) is 3.26. The molecule has 0 fully saturated rings. The molecule has 4 N–H and O–H groups in total. The largest absolute Gasteiger partial charge is 0.453 e. The van der Waals surface area contributed by atoms with E-state index < -0.39 is 46.5 Å². The lowest BCUT2D eigenvalue weighted by atomic mass is 10.0. The number of benzene rings is 2. The lowest BCUT2D eigenvalue weighted by molar-refractivity contribution is -0.137. The molecule has 0 bridgehead atoms. The monoisotopic (exact) mass is 538 g/mol. The maximum atomic E-state index is 14.0. The zero-order valence-corrected chi connectivity index (χ0v) is 19.8. The van der Waals surface area contributed by atoms with Crippen molar-refractivity contribution >= 4 is 34.3 Å². The molecule has 200 valence electrons. The Kier molecular flexibility index (Phi) is 7.18. The number of fused-ring (bicyclic) bond motifs is 1. The molecule has 0 spiro atoms. The van der Waals surface area contributed by atoms with Crippen LogP contribution < -0.4 is 16.0 Å². The second-order valence-corrected chi connectivity index (χ2v) is 8.04. The Morgan fingerprint density at radius 1 is 1.08 bits per heavy atom. The summed E-state index contributed by atoms with van der Waals surface area (Å²) in [5, 5.41) is 7.59. The van der Waals surface area contributed by atoms with Crippen LogP contribution in [0, 0.1) is 0 Å². The smallest absolute Gasteiger partial charge is 0.420 e. The first-order valence-corrected chi connectivity index (χ1v) is 10.9. The first kappa shape index (κ1) is 26.7. The second-order valence-electron chi connectivity index (χ2n) is 8.04. The van der Waals surface area contributed by atoms with Crippen molar-refractivity contribution < 1.29 is 35.9 Å². The van der Waals surface area contributed by atoms with Gasteiger partial charge in [-0.05, 0) is 30.8 Å². The lowest BCUT2D eigenvalue weighted by Gasteiger charge is -2.16. The summed E-state index contributed by atoms with van der Waals surface area (Å²) >= 11 is 0. The number of aromatic nitrogens is 3. The highest BCUT2D eigenvalue weighted by Crippen LogP contribution is 2.44. The van der Waals surface area contributed by atoms with Gasteiger partial charge in [-0.25, -0.2) is 14.8 Å². The molecule has 0 radical (unpaired) electrons. The molecule has 4 rings (SSSR count). The topological polar surface area (TPSA) is 104 Å². The molecule has 0 saturated heterocycles. The standard InChI is InChI=1S/C24H20F6N6O2/c1-31-9-12-4-3-5-13(8-12)34-21-33-11-16(23(25,26)27)19(36-21)15-10-32-20-14(15)6-7-17(35-22(37)38-2)18(20)24(28,29)30/h3-8,10-11,31-32H,9H2,1-2H3,(H,35,37)(H,33,34,36). The van der Waals surface area contributed by atoms with Gasteiger partial charge in [0, 0.05) is 35.6 Å². The van der Waals surface area contributed by atoms with Crippen LogP contribution >= 0.6 is 0 Å². The van der Waals surface area contributed by atoms with Crippen molar-refractivity contribution in [2.24, 2.45) is 0 Å². The van der Waals surface area contributed by atoms with E-state index >= 15 is 0 Å². The van der Waals surface area contributed by atoms with Gasteiger partial charge in [-0.15, -0.1) is 0 Å². The van der Waals surface area contributed by atoms with E-state index in [1.54, 1.807) is 25.2 Å². The van der Waals surface area contributed by atoms with Crippen LogP contribution in [-0.2, 0) is 23.6 Å². The number of hydrogen-bond donors (Lipinski definition) is 4. The number of ether oxygens (including phenoxy) is 1. The number of carbonyl (C=O) groups excluding carboxylic acids is 1. The number of halogens is 6. The summed E-state index contributed by atoms with van der Waals surface area (Å²) in [5.74, 6) is -0.191. The van der Waals surface area contributed by atoms with E-state index in [2.05, 4.69) is 30.3 Å². The van der Waals surface area contributed by atoms with Gasteiger partial charge in [0.1, 0.15) is 11.1 Å². The van der Waals surface area contributed by atoms with Crippen molar-refractivity contribution in [3.63, 3.8) is 0 Å². The summed E-state index contributed by atoms with van der Waals surface area (Å²) in [7, 11) is 2.73. The van der Waals surface area contributed by atoms with E-state index in [0.29, 0.717) is 18.4 Å². The first-order valence-electron chi connectivity index (χ1n) is 10.9. The fourth-order valence-corrected chi connectivity index (χ4v) is 3.90. The third-order valence-electron chi connectivity index (χ3n) is 5.48. The quantitative estimate of drug-likeness (QED) is 0.215. The number of nitrogens with one attached hydrogen (secondary N) is 4. The van der Waals surface area contributed by atoms with Crippen molar-refractivity contribution in [2.75, 3.05) is 24.8 Å². The van der Waals surface area contributed by atoms with Crippen LogP contribution in [0.25, 0.3) is 22.2 Å². The Balaban J connectivity index is 1.86. The second kappa shape index (κ2) is 10.2. The van der Waals surface area contributed by atoms with E-state index in [1.807, 2.05) is 11.4 Å². The highest BCUT2D eigenvalue weighted by molar-refractivity contribution is 6.01. The van der Waals surface area contributed by atoms with Gasteiger partial charge >= 0.3 is 18.4 Å². The average molecular weight is 538 g/mol. The number of methoxy groups -OCH3 is 1. The van der Waals surface area contributed by atoms with Crippen LogP contribution in [0.1, 0.15) is 16.7 Å². The summed E-state index contributed by atoms with van der Waals surface area (Å²) in [4.78, 5) is 21.8. The summed E-state index contributed by atoms with van der Waals surface area (Å²) in [5.41, 5.74) is -3.17. The summed E-state index contributed by atoms with van der Waals surface area (Å²) < 4.78 is 88.0. The molecule has 14 heteroatoms. The number of amides is 1. The van der Waals surface area contributed by atoms with Crippen molar-refractivity contribution in [3.8, 4) is 11.3 Å². The zero-order valence-electron chi connectivity index (χ0n) is 19.8. The number of H-pyrrole nitrogens is 1. The Hall–Kier alpha value is -4.33. The van der Waals surface area contributed by atoms with Gasteiger partial charge in [0.15, 0.2) is 0 Å². The SMILES string of the molecule is CNCc1cccc(Nc2ncc(C(F)(F)F)c(-c3c[nH]c4c(C(F)(F)F)c(NC(=O)OC)ccc34)n2)c1. The molecule has 0 aliphatic carbocycles. The van der Waals surface area contributed by atoms with Gasteiger partial charge < -0.3 is 20.4 Å². The molecular weight excluding hydrogens is 518 g/mol. The molecule has 2 heterocycles. The fraction of sp³-hybridized carbons (Fsp3) is 0.208. The molecule has 2 aromatic heterocycles. The van der Waals surface area contributed by atoms with Crippen LogP contribution in [0.4, 0.5) is 48.5 Å². The minimum atomic E-state index is -4.97. The Morgan fingerprint density at radius 2 is 1.84 bits per heavy atom. The molecule has 1 amide bonds. The molecular formula is C24H20F6N6O2. The van der Waals surface area contributed by atoms with Crippen LogP contribution in [0.2, 0.25) is 0 Å². The molecule has 0 aliphatic rings. The molecule has 38 heavy (non-hydrogen) atoms. The van der Waals surface area contributed by atoms with Crippen molar-refractivity contribution in [2.45, 2.75) is 18.9 Å². The van der Waals surface area contributed by atoms with Crippen molar-refractivity contribution in [1.29, 1.82) is 0 Å². The first-order chi connectivity index (χ1) is 17.9. The van der Waals surface area contributed by atoms with Crippen LogP contribution in [0.3, 0.4) is 0 Å². The fourth-order valence-electron chi connectivity index (χ4n) is 3.90. The van der Waals surface area contributed by atoms with Crippen molar-refractivity contribution in [3.05, 3.63) is 65.5 Å². The minimum absolute atomic E-state index is 0.191. The summed E-state index contributed by atoms with van der Waals surface area (Å²) in [6.45, 7) is 0.540. The Morgan fingerprint density at radius 3 is 2.50 bits per heavy atom. The number of hydrogen-bond acceptors (Lipinski definition) is 6. The number of carbonyl (C=O) groups is 1. The van der Waals surface area contributed by atoms with E-state index in [0.717, 1.165) is 31.0 Å². The van der Waals surface area contributed by atoms with Crippen LogP contribution in [0.15, 0.2) is 48.8 Å². The summed E-state index contributed by atoms with van der Waals surface area (Å²) in [6.07, 6.45) is -9.45. The number of aromatic amines is 1. The number of alkyl halides is 6. The van der Waals surface area contributed by atoms with Crippen LogP contribution in [0.5, 0.6) is 0 Å². The molecule has 8 nitrogen and oxygen atoms in total. The lowest BCUT2D eigenvalue weighted by Crippen LogP contribution is -2.16. The minimum Gasteiger partial charge on any atom is -0.453 e. The van der Waals surface area contributed by atoms with E-state index in [9.17, 15) is 31.1 Å². The Labute approximate surface area is 211 Å². The molecule has 0 saturated carbocycles. The van der Waals surface area contributed by atoms with Gasteiger partial charge in [-0.2, -0.15) is 26.3 Å². The molecule has 0 unspecified atom stereocenters. The molecule has 4 aromatic rings. The van der Waals surface area contributed by atoms with E-state index in [1.165, 1.54) is 0 Å². The number of nitrogens with zero attached hydrogens (tertiary/aromatic N) is 2. The maximum absolute atomic E-state index is 14.0. The normalized spacial score (nSPS) is 12.0. The van der Waals surface area contributed by atoms with Gasteiger partial charge in [0.25, 0.3) is 0 Å². The third kappa shape index (κ3) is 5.49. The predicted octanol–water partition coefficient (Wildman–Crippen LogP) is 6.30. The summed E-state index contributed by atoms with van der Waals surface area (Å²) in [6, 6.07) is 9.07. The number of anilines is 3. The van der Waals surface area contributed by atoms with Crippen molar-refractivity contribution in [1.82, 2.24) is 20.3 Å². The molecule has 0 atom stereocenters. The van der Waals surface area contributed by atoms with Gasteiger partial charge in [0.05, 0.1) is 24.0 Å². The number of rotatable bonds is 6. The van der Waals surface area contributed by atoms with Gasteiger partial charge in [-0.3, -0.25) is 5.32 Å². The van der Waals surface area contributed by atoms with Crippen LogP contribution in [-0.4, -0.2) is 35.2 Å². The molecule has 2 aromatic carbocycles. The highest BCUT2D eigenvalue weighted by atomic mass is 19.4. The van der Waals surface area contributed by atoms with Gasteiger partial charge in [-0.1, -0.05) is 18.2 Å². The maximum Gasteiger partial charge on any atom is 0.420 e. The third-order valence-corrected chi connectivity index (χ3v) is 5.48. The van der Waals surface area contributed by atoms with Gasteiger partial charge in [0.2, 0.25) is 5.95 Å². The molecule has 0 aliphatic heterocycles. The Bertz CT molecular complexity index is 1480. The highest BCUT2D eigenvalue weighted by Gasteiger charge is 2.39. The van der Waals surface area contributed by atoms with E-state index in [4.69, 9.17) is 0 Å². The zero-order chi connectivity index (χ0) is 27.7. The van der Waals surface area contributed by atoms with E-state index in [-0.39, 0.29) is 16.9 Å². The predicted molar refractivity (Wildman–Crippen MR) is 128 cm³/mol.